The van der Waals surface area contributed by atoms with Gasteiger partial charge in [-0.05, 0) is 70.0 Å². The van der Waals surface area contributed by atoms with Crippen LogP contribution >= 0.6 is 27.5 Å². The van der Waals surface area contributed by atoms with Gasteiger partial charge in [-0.15, -0.1) is 0 Å². The van der Waals surface area contributed by atoms with E-state index in [1.165, 1.54) is 0 Å². The topological polar surface area (TPSA) is 66.9 Å². The summed E-state index contributed by atoms with van der Waals surface area (Å²) in [7, 11) is 0. The number of hydrogen-bond donors (Lipinski definition) is 2. The first-order valence-corrected chi connectivity index (χ1v) is 8.63. The Morgan fingerprint density at radius 1 is 1.04 bits per heavy atom. The standard InChI is InChI=1S/C18H14BrClN4O/c19-13-1-6-16(22-11-13)18(25)24-17(12-7-9-21-10-8-12)23-15-4-2-14(20)3-5-15/h1-11,17,23H,(H,24,25). The van der Waals surface area contributed by atoms with Gasteiger partial charge in [-0.2, -0.15) is 0 Å². The molecule has 7 heteroatoms. The van der Waals surface area contributed by atoms with Gasteiger partial charge >= 0.3 is 0 Å². The van der Waals surface area contributed by atoms with Crippen LogP contribution in [0.25, 0.3) is 0 Å². The molecule has 0 saturated carbocycles. The number of benzene rings is 1. The number of pyridine rings is 2. The third kappa shape index (κ3) is 4.78. The summed E-state index contributed by atoms with van der Waals surface area (Å²) in [5.41, 5.74) is 2.03. The van der Waals surface area contributed by atoms with Crippen molar-refractivity contribution in [2.24, 2.45) is 0 Å². The zero-order valence-corrected chi connectivity index (χ0v) is 15.3. The fraction of sp³-hybridized carbons (Fsp3) is 0.0556. The normalized spacial score (nSPS) is 11.6. The molecular formula is C18H14BrClN4O. The van der Waals surface area contributed by atoms with E-state index < -0.39 is 6.17 Å². The van der Waals surface area contributed by atoms with Crippen molar-refractivity contribution in [3.05, 3.63) is 87.9 Å². The van der Waals surface area contributed by atoms with Crippen molar-refractivity contribution in [3.63, 3.8) is 0 Å². The molecule has 0 aliphatic heterocycles. The molecule has 0 aliphatic carbocycles. The van der Waals surface area contributed by atoms with E-state index in [2.05, 4.69) is 36.5 Å². The summed E-state index contributed by atoms with van der Waals surface area (Å²) in [6.45, 7) is 0. The van der Waals surface area contributed by atoms with Crippen LogP contribution in [0.3, 0.4) is 0 Å². The summed E-state index contributed by atoms with van der Waals surface area (Å²) in [6.07, 6.45) is 4.50. The Hall–Kier alpha value is -2.44. The van der Waals surface area contributed by atoms with E-state index in [0.717, 1.165) is 15.7 Å². The van der Waals surface area contributed by atoms with Crippen LogP contribution in [-0.2, 0) is 0 Å². The molecule has 5 nitrogen and oxygen atoms in total. The maximum absolute atomic E-state index is 12.5. The van der Waals surface area contributed by atoms with Crippen LogP contribution < -0.4 is 10.6 Å². The molecule has 0 radical (unpaired) electrons. The molecule has 1 aromatic carbocycles. The van der Waals surface area contributed by atoms with Gasteiger partial charge in [0.25, 0.3) is 5.91 Å². The Bertz CT molecular complexity index is 841. The van der Waals surface area contributed by atoms with Gasteiger partial charge in [0.15, 0.2) is 0 Å². The molecule has 0 spiro atoms. The summed E-state index contributed by atoms with van der Waals surface area (Å²) < 4.78 is 0.814. The summed E-state index contributed by atoms with van der Waals surface area (Å²) in [5, 5.41) is 6.87. The zero-order chi connectivity index (χ0) is 17.6. The van der Waals surface area contributed by atoms with Gasteiger partial charge in [0.05, 0.1) is 0 Å². The second-order valence-corrected chi connectivity index (χ2v) is 6.55. The van der Waals surface area contributed by atoms with E-state index in [0.29, 0.717) is 10.7 Å². The van der Waals surface area contributed by atoms with Crippen molar-refractivity contribution in [3.8, 4) is 0 Å². The van der Waals surface area contributed by atoms with E-state index in [-0.39, 0.29) is 5.91 Å². The van der Waals surface area contributed by atoms with Crippen LogP contribution in [-0.4, -0.2) is 15.9 Å². The summed E-state index contributed by atoms with van der Waals surface area (Å²) in [5.74, 6) is -0.282. The lowest BCUT2D eigenvalue weighted by molar-refractivity contribution is 0.0936. The number of halogens is 2. The smallest absolute Gasteiger partial charge is 0.271 e. The van der Waals surface area contributed by atoms with Gasteiger partial charge in [-0.25, -0.2) is 4.98 Å². The minimum Gasteiger partial charge on any atom is -0.362 e. The van der Waals surface area contributed by atoms with Crippen molar-refractivity contribution >= 4 is 39.1 Å². The highest BCUT2D eigenvalue weighted by atomic mass is 79.9. The van der Waals surface area contributed by atoms with Crippen LogP contribution in [0.2, 0.25) is 5.02 Å². The summed E-state index contributed by atoms with van der Waals surface area (Å²) in [4.78, 5) is 20.7. The SMILES string of the molecule is O=C(NC(Nc1ccc(Cl)cc1)c1ccncc1)c1ccc(Br)cn1. The number of nitrogens with one attached hydrogen (secondary N) is 2. The quantitative estimate of drug-likeness (QED) is 0.603. The Kier molecular flexibility index (Phi) is 5.63. The number of anilines is 1. The highest BCUT2D eigenvalue weighted by Gasteiger charge is 2.16. The van der Waals surface area contributed by atoms with Crippen molar-refractivity contribution in [2.75, 3.05) is 5.32 Å². The molecule has 1 unspecified atom stereocenters. The fourth-order valence-corrected chi connectivity index (χ4v) is 2.55. The average molecular weight is 418 g/mol. The summed E-state index contributed by atoms with van der Waals surface area (Å²) in [6, 6.07) is 14.4. The Morgan fingerprint density at radius 2 is 1.76 bits per heavy atom. The number of carbonyl (C=O) groups is 1. The van der Waals surface area contributed by atoms with Gasteiger partial charge in [0.1, 0.15) is 11.9 Å². The first-order chi connectivity index (χ1) is 12.1. The lowest BCUT2D eigenvalue weighted by Gasteiger charge is -2.21. The molecular weight excluding hydrogens is 404 g/mol. The Labute approximate surface area is 158 Å². The highest BCUT2D eigenvalue weighted by molar-refractivity contribution is 9.10. The van der Waals surface area contributed by atoms with Crippen molar-refractivity contribution in [1.29, 1.82) is 0 Å². The van der Waals surface area contributed by atoms with Crippen molar-refractivity contribution < 1.29 is 4.79 Å². The lowest BCUT2D eigenvalue weighted by atomic mass is 10.2. The molecule has 1 atom stereocenters. The molecule has 0 saturated heterocycles. The van der Waals surface area contributed by atoms with E-state index in [1.54, 1.807) is 42.9 Å². The zero-order valence-electron chi connectivity index (χ0n) is 13.0. The molecule has 3 rings (SSSR count). The van der Waals surface area contributed by atoms with Crippen molar-refractivity contribution in [1.82, 2.24) is 15.3 Å². The molecule has 0 bridgehead atoms. The molecule has 0 fully saturated rings. The predicted molar refractivity (Wildman–Crippen MR) is 101 cm³/mol. The van der Waals surface area contributed by atoms with E-state index >= 15 is 0 Å². The highest BCUT2D eigenvalue weighted by Crippen LogP contribution is 2.20. The summed E-state index contributed by atoms with van der Waals surface area (Å²) >= 11 is 9.23. The van der Waals surface area contributed by atoms with Gasteiger partial charge in [0, 0.05) is 33.8 Å². The molecule has 2 aromatic heterocycles. The van der Waals surface area contributed by atoms with E-state index in [4.69, 9.17) is 11.6 Å². The lowest BCUT2D eigenvalue weighted by Crippen LogP contribution is -2.34. The Morgan fingerprint density at radius 3 is 2.40 bits per heavy atom. The third-order valence-corrected chi connectivity index (χ3v) is 4.15. The van der Waals surface area contributed by atoms with Gasteiger partial charge in [-0.1, -0.05) is 11.6 Å². The largest absolute Gasteiger partial charge is 0.362 e. The minimum absolute atomic E-state index is 0.282. The fourth-order valence-electron chi connectivity index (χ4n) is 2.19. The van der Waals surface area contributed by atoms with Crippen LogP contribution in [0.5, 0.6) is 0 Å². The van der Waals surface area contributed by atoms with Gasteiger partial charge in [0.2, 0.25) is 0 Å². The molecule has 3 aromatic rings. The van der Waals surface area contributed by atoms with Crippen molar-refractivity contribution in [2.45, 2.75) is 6.17 Å². The van der Waals surface area contributed by atoms with Crippen LogP contribution in [0, 0.1) is 0 Å². The number of rotatable bonds is 5. The molecule has 126 valence electrons. The van der Waals surface area contributed by atoms with Crippen LogP contribution in [0.1, 0.15) is 22.2 Å². The van der Waals surface area contributed by atoms with Gasteiger partial charge < -0.3 is 10.6 Å². The maximum atomic E-state index is 12.5. The second kappa shape index (κ2) is 8.09. The van der Waals surface area contributed by atoms with Crippen LogP contribution in [0.15, 0.2) is 71.6 Å². The van der Waals surface area contributed by atoms with E-state index in [9.17, 15) is 4.79 Å². The number of hydrogen-bond acceptors (Lipinski definition) is 4. The molecule has 25 heavy (non-hydrogen) atoms. The molecule has 2 heterocycles. The molecule has 2 N–H and O–H groups in total. The number of aromatic nitrogens is 2. The average Bonchev–Trinajstić information content (AvgIpc) is 2.64. The molecule has 0 aliphatic rings. The minimum atomic E-state index is -0.442. The molecule has 1 amide bonds. The number of amides is 1. The van der Waals surface area contributed by atoms with Crippen LogP contribution in [0.4, 0.5) is 5.69 Å². The number of nitrogens with zero attached hydrogens (tertiary/aromatic N) is 2. The Balaban J connectivity index is 1.82. The second-order valence-electron chi connectivity index (χ2n) is 5.20. The maximum Gasteiger partial charge on any atom is 0.271 e. The third-order valence-electron chi connectivity index (χ3n) is 3.43. The predicted octanol–water partition coefficient (Wildman–Crippen LogP) is 4.43. The number of carbonyl (C=O) groups excluding carboxylic acids is 1. The monoisotopic (exact) mass is 416 g/mol. The first-order valence-electron chi connectivity index (χ1n) is 7.46. The van der Waals surface area contributed by atoms with Gasteiger partial charge in [-0.3, -0.25) is 9.78 Å². The van der Waals surface area contributed by atoms with E-state index in [1.807, 2.05) is 24.3 Å². The first kappa shape index (κ1) is 17.4.